The molecule has 5 heteroatoms. The summed E-state index contributed by atoms with van der Waals surface area (Å²) in [7, 11) is 0. The summed E-state index contributed by atoms with van der Waals surface area (Å²) < 4.78 is 3.50. The molecule has 0 amide bonds. The first-order valence-electron chi connectivity index (χ1n) is 4.21. The van der Waals surface area contributed by atoms with Crippen molar-refractivity contribution in [2.45, 2.75) is 6.92 Å². The van der Waals surface area contributed by atoms with Gasteiger partial charge in [0.25, 0.3) is 0 Å². The number of benzene rings is 1. The summed E-state index contributed by atoms with van der Waals surface area (Å²) >= 11 is 4.38. The lowest BCUT2D eigenvalue weighted by Gasteiger charge is -2.01. The summed E-state index contributed by atoms with van der Waals surface area (Å²) in [6.45, 7) is 1.48. The van der Waals surface area contributed by atoms with E-state index in [0.29, 0.717) is 0 Å². The van der Waals surface area contributed by atoms with Crippen molar-refractivity contribution in [2.24, 2.45) is 0 Å². The number of fused-ring (bicyclic) bond motifs is 1. The van der Waals surface area contributed by atoms with Crippen molar-refractivity contribution in [2.75, 3.05) is 0 Å². The van der Waals surface area contributed by atoms with Gasteiger partial charge in [0.1, 0.15) is 5.75 Å². The molecule has 15 heavy (non-hydrogen) atoms. The molecule has 0 fully saturated rings. The molecule has 1 heterocycles. The Labute approximate surface area is 114 Å². The molecule has 0 aliphatic heterocycles. The highest BCUT2D eigenvalue weighted by Crippen LogP contribution is 2.33. The molecule has 78 valence electrons. The molecular formula is C10H7I2NO2. The topological polar surface area (TPSA) is 42.2 Å². The lowest BCUT2D eigenvalue weighted by Crippen LogP contribution is -2.02. The van der Waals surface area contributed by atoms with Crippen molar-refractivity contribution in [3.63, 3.8) is 0 Å². The van der Waals surface area contributed by atoms with Crippen LogP contribution in [0, 0.1) is 7.14 Å². The maximum atomic E-state index is 11.3. The number of rotatable bonds is 0. The molecule has 0 aliphatic rings. The van der Waals surface area contributed by atoms with Gasteiger partial charge in [-0.15, -0.1) is 0 Å². The van der Waals surface area contributed by atoms with Gasteiger partial charge in [0.15, 0.2) is 0 Å². The Bertz CT molecular complexity index is 560. The van der Waals surface area contributed by atoms with Crippen LogP contribution in [0.3, 0.4) is 0 Å². The zero-order valence-corrected chi connectivity index (χ0v) is 12.1. The average molecular weight is 427 g/mol. The van der Waals surface area contributed by atoms with E-state index in [2.05, 4.69) is 45.2 Å². The second-order valence-electron chi connectivity index (χ2n) is 3.16. The molecule has 0 aliphatic carbocycles. The van der Waals surface area contributed by atoms with E-state index in [0.717, 1.165) is 18.0 Å². The Morgan fingerprint density at radius 2 is 2.07 bits per heavy atom. The molecule has 1 aromatic carbocycles. The van der Waals surface area contributed by atoms with Crippen molar-refractivity contribution < 1.29 is 9.90 Å². The molecule has 1 aromatic heterocycles. The number of hydrogen-bond donors (Lipinski definition) is 1. The van der Waals surface area contributed by atoms with Gasteiger partial charge in [0.05, 0.1) is 17.1 Å². The summed E-state index contributed by atoms with van der Waals surface area (Å²) in [5, 5.41) is 10.5. The lowest BCUT2D eigenvalue weighted by molar-refractivity contribution is 0.0941. The summed E-state index contributed by atoms with van der Waals surface area (Å²) in [6, 6.07) is 3.78. The van der Waals surface area contributed by atoms with Crippen LogP contribution in [-0.2, 0) is 0 Å². The third kappa shape index (κ3) is 1.75. The molecule has 1 N–H and O–H groups in total. The maximum Gasteiger partial charge on any atom is 0.228 e. The molecule has 3 nitrogen and oxygen atoms in total. The van der Waals surface area contributed by atoms with Crippen molar-refractivity contribution in [1.29, 1.82) is 0 Å². The van der Waals surface area contributed by atoms with Crippen LogP contribution in [-0.4, -0.2) is 15.6 Å². The Kier molecular flexibility index (Phi) is 2.93. The average Bonchev–Trinajstić information content (AvgIpc) is 2.50. The van der Waals surface area contributed by atoms with Crippen LogP contribution in [0.1, 0.15) is 11.7 Å². The van der Waals surface area contributed by atoms with E-state index < -0.39 is 0 Å². The predicted octanol–water partition coefficient (Wildman–Crippen LogP) is 3.22. The SMILES string of the molecule is CC(=O)n1cc(O)c2c(I)c(I)ccc21. The predicted molar refractivity (Wildman–Crippen MR) is 75.3 cm³/mol. The van der Waals surface area contributed by atoms with E-state index in [9.17, 15) is 9.90 Å². The van der Waals surface area contributed by atoms with Gasteiger partial charge >= 0.3 is 0 Å². The van der Waals surface area contributed by atoms with Crippen LogP contribution in [0.25, 0.3) is 10.9 Å². The fourth-order valence-electron chi connectivity index (χ4n) is 1.50. The van der Waals surface area contributed by atoms with Crippen molar-refractivity contribution in [3.8, 4) is 5.75 Å². The van der Waals surface area contributed by atoms with E-state index in [1.807, 2.05) is 12.1 Å². The normalized spacial score (nSPS) is 10.9. The Balaban J connectivity index is 2.92. The van der Waals surface area contributed by atoms with Crippen LogP contribution in [0.15, 0.2) is 18.3 Å². The summed E-state index contributed by atoms with van der Waals surface area (Å²) in [5.74, 6) is 0.0559. The van der Waals surface area contributed by atoms with Crippen LogP contribution >= 0.6 is 45.2 Å². The molecule has 0 saturated heterocycles. The highest BCUT2D eigenvalue weighted by molar-refractivity contribution is 14.1. The van der Waals surface area contributed by atoms with Gasteiger partial charge in [-0.25, -0.2) is 0 Å². The van der Waals surface area contributed by atoms with Gasteiger partial charge in [-0.05, 0) is 57.3 Å². The first kappa shape index (κ1) is 11.2. The molecule has 0 unspecified atom stereocenters. The first-order chi connectivity index (χ1) is 7.02. The standard InChI is InChI=1S/C10H7I2NO2/c1-5(14)13-4-8(15)9-7(13)3-2-6(11)10(9)12/h2-4,15H,1H3. The van der Waals surface area contributed by atoms with Gasteiger partial charge in [-0.3, -0.25) is 9.36 Å². The number of aromatic nitrogens is 1. The van der Waals surface area contributed by atoms with Crippen LogP contribution in [0.5, 0.6) is 5.75 Å². The summed E-state index contributed by atoms with van der Waals surface area (Å²) in [6.07, 6.45) is 1.46. The molecule has 0 saturated carbocycles. The number of carbonyl (C=O) groups is 1. The monoisotopic (exact) mass is 427 g/mol. The minimum absolute atomic E-state index is 0.0997. The van der Waals surface area contributed by atoms with Gasteiger partial charge in [-0.2, -0.15) is 0 Å². The highest BCUT2D eigenvalue weighted by Gasteiger charge is 2.14. The summed E-state index contributed by atoms with van der Waals surface area (Å²) in [4.78, 5) is 11.3. The third-order valence-electron chi connectivity index (χ3n) is 2.18. The number of nitrogens with zero attached hydrogens (tertiary/aromatic N) is 1. The quantitative estimate of drug-likeness (QED) is 0.657. The van der Waals surface area contributed by atoms with Gasteiger partial charge < -0.3 is 5.11 Å². The minimum Gasteiger partial charge on any atom is -0.506 e. The summed E-state index contributed by atoms with van der Waals surface area (Å²) in [5.41, 5.74) is 0.754. The fraction of sp³-hybridized carbons (Fsp3) is 0.100. The Morgan fingerprint density at radius 1 is 1.40 bits per heavy atom. The third-order valence-corrected chi connectivity index (χ3v) is 5.23. The second-order valence-corrected chi connectivity index (χ2v) is 5.40. The van der Waals surface area contributed by atoms with E-state index >= 15 is 0 Å². The number of aromatic hydroxyl groups is 1. The minimum atomic E-state index is -0.0997. The van der Waals surface area contributed by atoms with Gasteiger partial charge in [0, 0.05) is 14.1 Å². The molecule has 0 atom stereocenters. The lowest BCUT2D eigenvalue weighted by atomic mass is 10.2. The van der Waals surface area contributed by atoms with E-state index in [4.69, 9.17) is 0 Å². The molecular weight excluding hydrogens is 420 g/mol. The first-order valence-corrected chi connectivity index (χ1v) is 6.37. The van der Waals surface area contributed by atoms with Crippen molar-refractivity contribution in [3.05, 3.63) is 25.5 Å². The Hall–Kier alpha value is -0.310. The molecule has 0 bridgehead atoms. The molecule has 2 rings (SSSR count). The number of halogens is 2. The van der Waals surface area contributed by atoms with Gasteiger partial charge in [0.2, 0.25) is 5.91 Å². The smallest absolute Gasteiger partial charge is 0.228 e. The number of carbonyl (C=O) groups excluding carboxylic acids is 1. The largest absolute Gasteiger partial charge is 0.506 e. The maximum absolute atomic E-state index is 11.3. The fourth-order valence-corrected chi connectivity index (χ4v) is 2.68. The molecule has 2 aromatic rings. The van der Waals surface area contributed by atoms with Gasteiger partial charge in [-0.1, -0.05) is 0 Å². The highest BCUT2D eigenvalue weighted by atomic mass is 127. The van der Waals surface area contributed by atoms with E-state index in [1.165, 1.54) is 17.7 Å². The molecule has 0 radical (unpaired) electrons. The number of hydrogen-bond acceptors (Lipinski definition) is 2. The van der Waals surface area contributed by atoms with E-state index in [1.54, 1.807) is 0 Å². The van der Waals surface area contributed by atoms with E-state index in [-0.39, 0.29) is 11.7 Å². The second kappa shape index (κ2) is 3.93. The van der Waals surface area contributed by atoms with Crippen molar-refractivity contribution >= 4 is 62.0 Å². The zero-order chi connectivity index (χ0) is 11.2. The van der Waals surface area contributed by atoms with Crippen LogP contribution in [0.2, 0.25) is 0 Å². The zero-order valence-electron chi connectivity index (χ0n) is 7.79. The van der Waals surface area contributed by atoms with Crippen molar-refractivity contribution in [1.82, 2.24) is 4.57 Å². The Morgan fingerprint density at radius 3 is 2.67 bits per heavy atom. The van der Waals surface area contributed by atoms with Crippen LogP contribution in [0.4, 0.5) is 0 Å². The molecule has 0 spiro atoms. The van der Waals surface area contributed by atoms with Crippen LogP contribution < -0.4 is 0 Å².